The van der Waals surface area contributed by atoms with E-state index in [1.807, 2.05) is 12.1 Å². The molecular weight excluding hydrogens is 288 g/mol. The summed E-state index contributed by atoms with van der Waals surface area (Å²) < 4.78 is 5.68. The maximum atomic E-state index is 12.1. The Morgan fingerprint density at radius 3 is 2.81 bits per heavy atom. The SMILES string of the molecule is CC(Oc1ccc(CCN)cc1Cl)C(=O)NC1CCCC1. The quantitative estimate of drug-likeness (QED) is 0.849. The molecule has 1 aromatic rings. The molecule has 0 spiro atoms. The highest BCUT2D eigenvalue weighted by atomic mass is 35.5. The number of rotatable bonds is 6. The van der Waals surface area contributed by atoms with Crippen molar-refractivity contribution in [3.8, 4) is 5.75 Å². The Bertz CT molecular complexity index is 487. The van der Waals surface area contributed by atoms with Crippen molar-refractivity contribution in [3.05, 3.63) is 28.8 Å². The molecule has 2 rings (SSSR count). The summed E-state index contributed by atoms with van der Waals surface area (Å²) in [6.45, 7) is 2.32. The van der Waals surface area contributed by atoms with Crippen molar-refractivity contribution in [2.45, 2.75) is 51.2 Å². The molecular formula is C16H23ClN2O2. The van der Waals surface area contributed by atoms with E-state index in [0.717, 1.165) is 24.8 Å². The predicted molar refractivity (Wildman–Crippen MR) is 84.7 cm³/mol. The normalized spacial score (nSPS) is 16.7. The zero-order valence-corrected chi connectivity index (χ0v) is 13.2. The molecule has 1 fully saturated rings. The van der Waals surface area contributed by atoms with Crippen molar-refractivity contribution >= 4 is 17.5 Å². The number of benzene rings is 1. The molecule has 21 heavy (non-hydrogen) atoms. The van der Waals surface area contributed by atoms with Gasteiger partial charge in [0, 0.05) is 6.04 Å². The van der Waals surface area contributed by atoms with Crippen LogP contribution >= 0.6 is 11.6 Å². The minimum Gasteiger partial charge on any atom is -0.479 e. The van der Waals surface area contributed by atoms with E-state index < -0.39 is 6.10 Å². The van der Waals surface area contributed by atoms with E-state index >= 15 is 0 Å². The number of hydrogen-bond donors (Lipinski definition) is 2. The van der Waals surface area contributed by atoms with Crippen LogP contribution in [-0.2, 0) is 11.2 Å². The summed E-state index contributed by atoms with van der Waals surface area (Å²) in [4.78, 5) is 12.1. The fraction of sp³-hybridized carbons (Fsp3) is 0.562. The van der Waals surface area contributed by atoms with Crippen molar-refractivity contribution in [1.29, 1.82) is 0 Å². The van der Waals surface area contributed by atoms with Gasteiger partial charge in [0.15, 0.2) is 6.10 Å². The van der Waals surface area contributed by atoms with Gasteiger partial charge in [-0.25, -0.2) is 0 Å². The minimum absolute atomic E-state index is 0.0796. The Balaban J connectivity index is 1.91. The van der Waals surface area contributed by atoms with Crippen molar-refractivity contribution in [2.24, 2.45) is 5.73 Å². The molecule has 5 heteroatoms. The topological polar surface area (TPSA) is 64.3 Å². The molecule has 0 saturated heterocycles. The molecule has 1 aliphatic carbocycles. The molecule has 1 saturated carbocycles. The van der Waals surface area contributed by atoms with E-state index in [1.54, 1.807) is 13.0 Å². The highest BCUT2D eigenvalue weighted by Crippen LogP contribution is 2.26. The lowest BCUT2D eigenvalue weighted by Gasteiger charge is -2.18. The zero-order chi connectivity index (χ0) is 15.2. The van der Waals surface area contributed by atoms with E-state index in [0.29, 0.717) is 23.4 Å². The number of carbonyl (C=O) groups excluding carboxylic acids is 1. The van der Waals surface area contributed by atoms with Gasteiger partial charge in [0.05, 0.1) is 5.02 Å². The van der Waals surface area contributed by atoms with Gasteiger partial charge < -0.3 is 15.8 Å². The van der Waals surface area contributed by atoms with E-state index in [-0.39, 0.29) is 5.91 Å². The summed E-state index contributed by atoms with van der Waals surface area (Å²) in [6, 6.07) is 5.86. The first-order valence-electron chi connectivity index (χ1n) is 7.55. The van der Waals surface area contributed by atoms with Crippen molar-refractivity contribution in [2.75, 3.05) is 6.54 Å². The Morgan fingerprint density at radius 1 is 1.48 bits per heavy atom. The lowest BCUT2D eigenvalue weighted by Crippen LogP contribution is -2.41. The molecule has 4 nitrogen and oxygen atoms in total. The summed E-state index contributed by atoms with van der Waals surface area (Å²) in [5.74, 6) is 0.454. The number of halogens is 1. The summed E-state index contributed by atoms with van der Waals surface area (Å²) >= 11 is 6.19. The van der Waals surface area contributed by atoms with Gasteiger partial charge >= 0.3 is 0 Å². The second-order valence-corrected chi connectivity index (χ2v) is 5.96. The van der Waals surface area contributed by atoms with Crippen LogP contribution in [0, 0.1) is 0 Å². The average molecular weight is 311 g/mol. The van der Waals surface area contributed by atoms with Crippen molar-refractivity contribution < 1.29 is 9.53 Å². The standard InChI is InChI=1S/C16H23ClN2O2/c1-11(16(20)19-13-4-2-3-5-13)21-15-7-6-12(8-9-18)10-14(15)17/h6-7,10-11,13H,2-5,8-9,18H2,1H3,(H,19,20). The zero-order valence-electron chi connectivity index (χ0n) is 12.4. The maximum Gasteiger partial charge on any atom is 0.260 e. The minimum atomic E-state index is -0.552. The molecule has 1 aliphatic rings. The summed E-state index contributed by atoms with van der Waals surface area (Å²) in [6.07, 6.45) is 4.73. The number of nitrogens with two attached hydrogens (primary N) is 1. The molecule has 1 amide bonds. The third-order valence-electron chi connectivity index (χ3n) is 3.80. The van der Waals surface area contributed by atoms with Crippen LogP contribution in [0.2, 0.25) is 5.02 Å². The molecule has 1 unspecified atom stereocenters. The number of carbonyl (C=O) groups is 1. The van der Waals surface area contributed by atoms with E-state index in [2.05, 4.69) is 5.32 Å². The molecule has 1 atom stereocenters. The molecule has 0 aromatic heterocycles. The van der Waals surface area contributed by atoms with Gasteiger partial charge in [-0.15, -0.1) is 0 Å². The Labute approximate surface area is 131 Å². The van der Waals surface area contributed by atoms with E-state index in [4.69, 9.17) is 22.1 Å². The highest BCUT2D eigenvalue weighted by molar-refractivity contribution is 6.32. The highest BCUT2D eigenvalue weighted by Gasteiger charge is 2.22. The molecule has 0 radical (unpaired) electrons. The molecule has 0 heterocycles. The number of amides is 1. The van der Waals surface area contributed by atoms with Crippen LogP contribution < -0.4 is 15.8 Å². The number of ether oxygens (including phenoxy) is 1. The van der Waals surface area contributed by atoms with Crippen LogP contribution in [0.25, 0.3) is 0 Å². The molecule has 0 bridgehead atoms. The van der Waals surface area contributed by atoms with Gasteiger partial charge in [-0.1, -0.05) is 30.5 Å². The fourth-order valence-electron chi connectivity index (χ4n) is 2.59. The second-order valence-electron chi connectivity index (χ2n) is 5.55. The first-order valence-corrected chi connectivity index (χ1v) is 7.93. The van der Waals surface area contributed by atoms with Crippen molar-refractivity contribution in [3.63, 3.8) is 0 Å². The Morgan fingerprint density at radius 2 is 2.19 bits per heavy atom. The lowest BCUT2D eigenvalue weighted by atomic mass is 10.1. The summed E-state index contributed by atoms with van der Waals surface area (Å²) in [5, 5.41) is 3.54. The first-order chi connectivity index (χ1) is 10.1. The maximum absolute atomic E-state index is 12.1. The first kappa shape index (κ1) is 16.1. The van der Waals surface area contributed by atoms with E-state index in [9.17, 15) is 4.79 Å². The molecule has 3 N–H and O–H groups in total. The fourth-order valence-corrected chi connectivity index (χ4v) is 2.84. The molecule has 1 aromatic carbocycles. The second kappa shape index (κ2) is 7.66. The van der Waals surface area contributed by atoms with Gasteiger partial charge in [-0.05, 0) is 50.4 Å². The Hall–Kier alpha value is -1.26. The van der Waals surface area contributed by atoms with Crippen LogP contribution in [0.4, 0.5) is 0 Å². The number of nitrogens with one attached hydrogen (secondary N) is 1. The molecule has 0 aliphatic heterocycles. The van der Waals surface area contributed by atoms with Crippen molar-refractivity contribution in [1.82, 2.24) is 5.32 Å². The van der Waals surface area contributed by atoms with Gasteiger partial charge in [-0.2, -0.15) is 0 Å². The number of hydrogen-bond acceptors (Lipinski definition) is 3. The smallest absolute Gasteiger partial charge is 0.260 e. The van der Waals surface area contributed by atoms with E-state index in [1.165, 1.54) is 12.8 Å². The predicted octanol–water partition coefficient (Wildman–Crippen LogP) is 2.67. The third kappa shape index (κ3) is 4.61. The summed E-state index contributed by atoms with van der Waals surface area (Å²) in [7, 11) is 0. The van der Waals surface area contributed by atoms with Crippen LogP contribution in [-0.4, -0.2) is 24.6 Å². The van der Waals surface area contributed by atoms with Crippen LogP contribution in [0.3, 0.4) is 0 Å². The van der Waals surface area contributed by atoms with Crippen LogP contribution in [0.15, 0.2) is 18.2 Å². The third-order valence-corrected chi connectivity index (χ3v) is 4.10. The van der Waals surface area contributed by atoms with Crippen LogP contribution in [0.1, 0.15) is 38.2 Å². The van der Waals surface area contributed by atoms with Gasteiger partial charge in [0.1, 0.15) is 5.75 Å². The monoisotopic (exact) mass is 310 g/mol. The summed E-state index contributed by atoms with van der Waals surface area (Å²) in [5.41, 5.74) is 6.59. The van der Waals surface area contributed by atoms with Gasteiger partial charge in [0.25, 0.3) is 5.91 Å². The molecule has 116 valence electrons. The van der Waals surface area contributed by atoms with Gasteiger partial charge in [-0.3, -0.25) is 4.79 Å². The van der Waals surface area contributed by atoms with Gasteiger partial charge in [0.2, 0.25) is 0 Å². The Kier molecular flexibility index (Phi) is 5.88. The average Bonchev–Trinajstić information content (AvgIpc) is 2.95. The van der Waals surface area contributed by atoms with Crippen LogP contribution in [0.5, 0.6) is 5.75 Å². The largest absolute Gasteiger partial charge is 0.479 e. The lowest BCUT2D eigenvalue weighted by molar-refractivity contribution is -0.127.